The van der Waals surface area contributed by atoms with Crippen molar-refractivity contribution in [3.63, 3.8) is 0 Å². The second kappa shape index (κ2) is 6.31. The van der Waals surface area contributed by atoms with E-state index < -0.39 is 10.4 Å². The van der Waals surface area contributed by atoms with Crippen molar-refractivity contribution in [3.8, 4) is 0 Å². The van der Waals surface area contributed by atoms with Crippen LogP contribution < -0.4 is 0 Å². The molecule has 6 heteroatoms. The minimum absolute atomic E-state index is 0.0279. The molecule has 80 valence electrons. The van der Waals surface area contributed by atoms with Crippen molar-refractivity contribution < 1.29 is 17.2 Å². The summed E-state index contributed by atoms with van der Waals surface area (Å²) in [6.45, 7) is 3.74. The number of hydrogen-bond acceptors (Lipinski definition) is 5. The Kier molecular flexibility index (Phi) is 6.23. The molecule has 0 aromatic heterocycles. The van der Waals surface area contributed by atoms with Crippen LogP contribution in [0.5, 0.6) is 0 Å². The van der Waals surface area contributed by atoms with Gasteiger partial charge in [-0.25, -0.2) is 8.42 Å². The Labute approximate surface area is 79.6 Å². The minimum Gasteiger partial charge on any atom is -0.726 e. The summed E-state index contributed by atoms with van der Waals surface area (Å²) < 4.78 is 34.1. The molecule has 0 aromatic rings. The number of rotatable bonds is 7. The predicted molar refractivity (Wildman–Crippen MR) is 48.1 cm³/mol. The van der Waals surface area contributed by atoms with Crippen molar-refractivity contribution in [2.75, 3.05) is 26.7 Å². The molecule has 0 aliphatic carbocycles. The Bertz CT molecular complexity index is 215. The van der Waals surface area contributed by atoms with Gasteiger partial charge in [0.25, 0.3) is 0 Å². The Hall–Kier alpha value is -0.170. The van der Waals surface area contributed by atoms with Gasteiger partial charge in [0.1, 0.15) is 0 Å². The minimum atomic E-state index is -4.50. The van der Waals surface area contributed by atoms with Crippen molar-refractivity contribution in [1.82, 2.24) is 4.90 Å². The van der Waals surface area contributed by atoms with Gasteiger partial charge in [-0.2, -0.15) is 0 Å². The van der Waals surface area contributed by atoms with Crippen LogP contribution in [0.2, 0.25) is 0 Å². The lowest BCUT2D eigenvalue weighted by Gasteiger charge is -2.15. The van der Waals surface area contributed by atoms with Gasteiger partial charge in [-0.15, -0.1) is 0 Å². The molecule has 5 nitrogen and oxygen atoms in total. The average molecular weight is 210 g/mol. The molecular weight excluding hydrogens is 194 g/mol. The molecule has 0 aromatic carbocycles. The van der Waals surface area contributed by atoms with Crippen molar-refractivity contribution in [3.05, 3.63) is 0 Å². The van der Waals surface area contributed by atoms with Crippen LogP contribution in [0, 0.1) is 0 Å². The Balaban J connectivity index is 3.36. The molecule has 0 radical (unpaired) electrons. The van der Waals surface area contributed by atoms with Crippen LogP contribution in [-0.4, -0.2) is 44.6 Å². The average Bonchev–Trinajstić information content (AvgIpc) is 1.97. The second-order valence-electron chi connectivity index (χ2n) is 2.89. The first-order valence-electron chi connectivity index (χ1n) is 4.24. The van der Waals surface area contributed by atoms with Gasteiger partial charge >= 0.3 is 0 Å². The zero-order valence-corrected chi connectivity index (χ0v) is 8.84. The fourth-order valence-electron chi connectivity index (χ4n) is 0.989. The van der Waals surface area contributed by atoms with E-state index in [4.69, 9.17) is 0 Å². The van der Waals surface area contributed by atoms with E-state index >= 15 is 0 Å². The standard InChI is InChI=1S/C7H17NO4S/c1-3-5-8(2)6-4-7-12-13(9,10)11/h3-7H2,1-2H3,(H,9,10,11)/p-1. The molecule has 0 heterocycles. The van der Waals surface area contributed by atoms with Crippen molar-refractivity contribution >= 4 is 10.4 Å². The molecule has 0 fully saturated rings. The Morgan fingerprint density at radius 3 is 2.46 bits per heavy atom. The van der Waals surface area contributed by atoms with Gasteiger partial charge in [0.2, 0.25) is 10.4 Å². The van der Waals surface area contributed by atoms with Crippen LogP contribution in [0.4, 0.5) is 0 Å². The summed E-state index contributed by atoms with van der Waals surface area (Å²) >= 11 is 0. The van der Waals surface area contributed by atoms with Gasteiger partial charge in [0.15, 0.2) is 0 Å². The fraction of sp³-hybridized carbons (Fsp3) is 1.00. The monoisotopic (exact) mass is 210 g/mol. The normalized spacial score (nSPS) is 12.3. The van der Waals surface area contributed by atoms with Crippen LogP contribution in [0.1, 0.15) is 19.8 Å². The molecule has 0 amide bonds. The van der Waals surface area contributed by atoms with Crippen LogP contribution in [0.25, 0.3) is 0 Å². The molecule has 0 aliphatic rings. The molecule has 0 saturated carbocycles. The van der Waals surface area contributed by atoms with Gasteiger partial charge in [0, 0.05) is 6.54 Å². The Morgan fingerprint density at radius 1 is 1.38 bits per heavy atom. The summed E-state index contributed by atoms with van der Waals surface area (Å²) in [4.78, 5) is 2.06. The van der Waals surface area contributed by atoms with Crippen molar-refractivity contribution in [2.45, 2.75) is 19.8 Å². The molecule has 13 heavy (non-hydrogen) atoms. The fourth-order valence-corrected chi connectivity index (χ4v) is 1.31. The highest BCUT2D eigenvalue weighted by Gasteiger charge is 1.98. The zero-order valence-electron chi connectivity index (χ0n) is 8.02. The maximum absolute atomic E-state index is 10.0. The number of nitrogens with zero attached hydrogens (tertiary/aromatic N) is 1. The van der Waals surface area contributed by atoms with Gasteiger partial charge in [-0.1, -0.05) is 6.92 Å². The third kappa shape index (κ3) is 9.75. The smallest absolute Gasteiger partial charge is 0.217 e. The van der Waals surface area contributed by atoms with Gasteiger partial charge in [-0.05, 0) is 26.4 Å². The largest absolute Gasteiger partial charge is 0.726 e. The number of hydrogen-bond donors (Lipinski definition) is 0. The first-order chi connectivity index (χ1) is 5.95. The molecule has 0 atom stereocenters. The lowest BCUT2D eigenvalue weighted by Crippen LogP contribution is -2.21. The molecular formula is C7H16NO4S-. The highest BCUT2D eigenvalue weighted by atomic mass is 32.3. The van der Waals surface area contributed by atoms with E-state index in [1.165, 1.54) is 0 Å². The quantitative estimate of drug-likeness (QED) is 0.341. The van der Waals surface area contributed by atoms with E-state index in [9.17, 15) is 13.0 Å². The summed E-state index contributed by atoms with van der Waals surface area (Å²) in [6.07, 6.45) is 1.61. The van der Waals surface area contributed by atoms with E-state index in [-0.39, 0.29) is 6.61 Å². The zero-order chi connectivity index (χ0) is 10.3. The van der Waals surface area contributed by atoms with E-state index in [0.717, 1.165) is 19.5 Å². The summed E-state index contributed by atoms with van der Waals surface area (Å²) in [7, 11) is -2.56. The van der Waals surface area contributed by atoms with Crippen molar-refractivity contribution in [2.24, 2.45) is 0 Å². The Morgan fingerprint density at radius 2 is 2.00 bits per heavy atom. The maximum atomic E-state index is 10.0. The third-order valence-electron chi connectivity index (χ3n) is 1.52. The molecule has 0 bridgehead atoms. The molecule has 0 spiro atoms. The first-order valence-corrected chi connectivity index (χ1v) is 5.58. The van der Waals surface area contributed by atoms with Crippen LogP contribution in [-0.2, 0) is 14.6 Å². The molecule has 0 saturated heterocycles. The van der Waals surface area contributed by atoms with Crippen molar-refractivity contribution in [1.29, 1.82) is 0 Å². The van der Waals surface area contributed by atoms with E-state index in [1.54, 1.807) is 0 Å². The topological polar surface area (TPSA) is 69.7 Å². The van der Waals surface area contributed by atoms with E-state index in [0.29, 0.717) is 6.42 Å². The summed E-state index contributed by atoms with van der Waals surface area (Å²) in [6, 6.07) is 0. The maximum Gasteiger partial charge on any atom is 0.217 e. The predicted octanol–water partition coefficient (Wildman–Crippen LogP) is 0.195. The highest BCUT2D eigenvalue weighted by molar-refractivity contribution is 7.80. The van der Waals surface area contributed by atoms with Gasteiger partial charge in [0.05, 0.1) is 6.61 Å². The summed E-state index contributed by atoms with van der Waals surface area (Å²) in [5.74, 6) is 0. The second-order valence-corrected chi connectivity index (χ2v) is 3.94. The highest BCUT2D eigenvalue weighted by Crippen LogP contribution is 1.93. The summed E-state index contributed by atoms with van der Waals surface area (Å²) in [5.41, 5.74) is 0. The van der Waals surface area contributed by atoms with Crippen LogP contribution in [0.3, 0.4) is 0 Å². The van der Waals surface area contributed by atoms with Gasteiger partial charge < -0.3 is 9.45 Å². The van der Waals surface area contributed by atoms with Crippen LogP contribution >= 0.6 is 0 Å². The summed E-state index contributed by atoms with van der Waals surface area (Å²) in [5, 5.41) is 0. The van der Waals surface area contributed by atoms with Crippen LogP contribution in [0.15, 0.2) is 0 Å². The first kappa shape index (κ1) is 12.8. The lowest BCUT2D eigenvalue weighted by atomic mass is 10.4. The molecule has 0 unspecified atom stereocenters. The molecule has 0 aliphatic heterocycles. The lowest BCUT2D eigenvalue weighted by molar-refractivity contribution is 0.235. The van der Waals surface area contributed by atoms with E-state index in [1.807, 2.05) is 7.05 Å². The van der Waals surface area contributed by atoms with Gasteiger partial charge in [-0.3, -0.25) is 4.18 Å². The third-order valence-corrected chi connectivity index (χ3v) is 1.97. The SMILES string of the molecule is CCCN(C)CCCOS(=O)(=O)[O-]. The van der Waals surface area contributed by atoms with E-state index in [2.05, 4.69) is 16.0 Å². The molecule has 0 N–H and O–H groups in total. The molecule has 0 rings (SSSR count).